The van der Waals surface area contributed by atoms with Gasteiger partial charge >= 0.3 is 0 Å². The van der Waals surface area contributed by atoms with Gasteiger partial charge in [0.1, 0.15) is 5.82 Å². The summed E-state index contributed by atoms with van der Waals surface area (Å²) in [6.45, 7) is 7.84. The Hall–Kier alpha value is -1.65. The molecule has 2 N–H and O–H groups in total. The number of carbonyl (C=O) groups is 1. The lowest BCUT2D eigenvalue weighted by Gasteiger charge is -2.21. The van der Waals surface area contributed by atoms with Gasteiger partial charge in [-0.25, -0.2) is 9.97 Å². The molecule has 0 spiro atoms. The van der Waals surface area contributed by atoms with E-state index in [2.05, 4.69) is 9.97 Å². The van der Waals surface area contributed by atoms with Gasteiger partial charge in [0.05, 0.1) is 11.9 Å². The molecule has 1 aromatic heterocycles. The number of amides is 1. The molecular formula is C12H20N4O. The fourth-order valence-corrected chi connectivity index (χ4v) is 1.26. The second-order valence-electron chi connectivity index (χ2n) is 4.70. The zero-order valence-electron chi connectivity index (χ0n) is 11.1. The van der Waals surface area contributed by atoms with E-state index >= 15 is 0 Å². The van der Waals surface area contributed by atoms with Crippen LogP contribution in [-0.4, -0.2) is 33.9 Å². The van der Waals surface area contributed by atoms with Crippen molar-refractivity contribution in [2.24, 2.45) is 0 Å². The van der Waals surface area contributed by atoms with E-state index in [1.807, 2.05) is 27.7 Å². The second-order valence-corrected chi connectivity index (χ2v) is 4.70. The molecule has 1 aromatic rings. The fourth-order valence-electron chi connectivity index (χ4n) is 1.26. The molecule has 1 heterocycles. The Morgan fingerprint density at radius 3 is 2.41 bits per heavy atom. The molecule has 0 atom stereocenters. The average molecular weight is 236 g/mol. The highest BCUT2D eigenvalue weighted by Crippen LogP contribution is 2.15. The summed E-state index contributed by atoms with van der Waals surface area (Å²) < 4.78 is 0. The average Bonchev–Trinajstić information content (AvgIpc) is 2.27. The molecule has 0 saturated carbocycles. The van der Waals surface area contributed by atoms with Crippen LogP contribution < -0.4 is 5.73 Å². The first-order valence-corrected chi connectivity index (χ1v) is 5.74. The van der Waals surface area contributed by atoms with Crippen molar-refractivity contribution in [3.8, 4) is 0 Å². The lowest BCUT2D eigenvalue weighted by Crippen LogP contribution is -2.34. The Bertz CT molecular complexity index is 415. The molecule has 1 rings (SSSR count). The highest BCUT2D eigenvalue weighted by atomic mass is 16.2. The van der Waals surface area contributed by atoms with E-state index < -0.39 is 0 Å². The van der Waals surface area contributed by atoms with Crippen molar-refractivity contribution in [1.29, 1.82) is 0 Å². The molecule has 0 saturated heterocycles. The van der Waals surface area contributed by atoms with Gasteiger partial charge in [-0.1, -0.05) is 13.8 Å². The first-order chi connectivity index (χ1) is 7.84. The molecule has 0 aliphatic carbocycles. The summed E-state index contributed by atoms with van der Waals surface area (Å²) in [5.74, 6) is 0.646. The van der Waals surface area contributed by atoms with Crippen LogP contribution in [0.3, 0.4) is 0 Å². The third-order valence-corrected chi connectivity index (χ3v) is 2.65. The Balaban J connectivity index is 3.12. The SMILES string of the molecule is CC(C)c1ncc(N)c(C(=O)N(C)C(C)C)n1. The predicted octanol–water partition coefficient (Wildman–Crippen LogP) is 1.66. The van der Waals surface area contributed by atoms with Crippen molar-refractivity contribution in [2.45, 2.75) is 39.7 Å². The molecule has 1 amide bonds. The van der Waals surface area contributed by atoms with E-state index in [9.17, 15) is 4.79 Å². The van der Waals surface area contributed by atoms with E-state index in [1.54, 1.807) is 11.9 Å². The zero-order chi connectivity index (χ0) is 13.2. The van der Waals surface area contributed by atoms with Crippen LogP contribution in [0, 0.1) is 0 Å². The smallest absolute Gasteiger partial charge is 0.274 e. The van der Waals surface area contributed by atoms with Crippen LogP contribution >= 0.6 is 0 Å². The highest BCUT2D eigenvalue weighted by molar-refractivity contribution is 5.96. The predicted molar refractivity (Wildman–Crippen MR) is 67.8 cm³/mol. The van der Waals surface area contributed by atoms with Crippen molar-refractivity contribution < 1.29 is 4.79 Å². The molecule has 5 heteroatoms. The van der Waals surface area contributed by atoms with Gasteiger partial charge in [-0.15, -0.1) is 0 Å². The van der Waals surface area contributed by atoms with Crippen LogP contribution in [0.5, 0.6) is 0 Å². The molecule has 0 aromatic carbocycles. The first kappa shape index (κ1) is 13.4. The number of aromatic nitrogens is 2. The normalized spacial score (nSPS) is 11.0. The number of hydrogen-bond donors (Lipinski definition) is 1. The van der Waals surface area contributed by atoms with E-state index in [-0.39, 0.29) is 17.9 Å². The minimum atomic E-state index is -0.165. The summed E-state index contributed by atoms with van der Waals surface area (Å²) in [7, 11) is 1.74. The van der Waals surface area contributed by atoms with Crippen LogP contribution in [0.2, 0.25) is 0 Å². The lowest BCUT2D eigenvalue weighted by molar-refractivity contribution is 0.0749. The third kappa shape index (κ3) is 2.93. The van der Waals surface area contributed by atoms with Crippen molar-refractivity contribution in [3.05, 3.63) is 17.7 Å². The monoisotopic (exact) mass is 236 g/mol. The number of rotatable bonds is 3. The standard InChI is InChI=1S/C12H20N4O/c1-7(2)11-14-6-9(13)10(15-11)12(17)16(5)8(3)4/h6-8H,13H2,1-5H3. The fraction of sp³-hybridized carbons (Fsp3) is 0.583. The van der Waals surface area contributed by atoms with Crippen LogP contribution in [0.1, 0.15) is 49.9 Å². The summed E-state index contributed by atoms with van der Waals surface area (Å²) >= 11 is 0. The van der Waals surface area contributed by atoms with Gasteiger partial charge in [0.25, 0.3) is 5.91 Å². The molecule has 0 radical (unpaired) electrons. The van der Waals surface area contributed by atoms with Gasteiger partial charge in [0.2, 0.25) is 0 Å². The third-order valence-electron chi connectivity index (χ3n) is 2.65. The largest absolute Gasteiger partial charge is 0.396 e. The molecule has 0 unspecified atom stereocenters. The first-order valence-electron chi connectivity index (χ1n) is 5.74. The summed E-state index contributed by atoms with van der Waals surface area (Å²) in [5, 5.41) is 0. The van der Waals surface area contributed by atoms with Crippen molar-refractivity contribution >= 4 is 11.6 Å². The maximum Gasteiger partial charge on any atom is 0.274 e. The molecular weight excluding hydrogens is 216 g/mol. The van der Waals surface area contributed by atoms with Gasteiger partial charge in [-0.3, -0.25) is 4.79 Å². The van der Waals surface area contributed by atoms with E-state index in [0.29, 0.717) is 17.2 Å². The van der Waals surface area contributed by atoms with Crippen molar-refractivity contribution in [2.75, 3.05) is 12.8 Å². The quantitative estimate of drug-likeness (QED) is 0.866. The van der Waals surface area contributed by atoms with Crippen molar-refractivity contribution in [3.63, 3.8) is 0 Å². The molecule has 94 valence electrons. The molecule has 0 aliphatic rings. The minimum absolute atomic E-state index is 0.111. The summed E-state index contributed by atoms with van der Waals surface area (Å²) in [6, 6.07) is 0.111. The summed E-state index contributed by atoms with van der Waals surface area (Å²) in [4.78, 5) is 22.1. The minimum Gasteiger partial charge on any atom is -0.396 e. The Kier molecular flexibility index (Phi) is 4.04. The highest BCUT2D eigenvalue weighted by Gasteiger charge is 2.20. The number of nitrogens with two attached hydrogens (primary N) is 1. The topological polar surface area (TPSA) is 72.1 Å². The maximum atomic E-state index is 12.1. The number of nitrogen functional groups attached to an aromatic ring is 1. The van der Waals surface area contributed by atoms with Gasteiger partial charge in [0, 0.05) is 19.0 Å². The lowest BCUT2D eigenvalue weighted by atomic mass is 10.2. The van der Waals surface area contributed by atoms with E-state index in [4.69, 9.17) is 5.73 Å². The summed E-state index contributed by atoms with van der Waals surface area (Å²) in [6.07, 6.45) is 1.50. The van der Waals surface area contributed by atoms with E-state index in [1.165, 1.54) is 6.20 Å². The van der Waals surface area contributed by atoms with Gasteiger partial charge < -0.3 is 10.6 Å². The maximum absolute atomic E-state index is 12.1. The molecule has 5 nitrogen and oxygen atoms in total. The Labute approximate surface area is 102 Å². The number of carbonyl (C=O) groups excluding carboxylic acids is 1. The van der Waals surface area contributed by atoms with Crippen LogP contribution in [-0.2, 0) is 0 Å². The van der Waals surface area contributed by atoms with Crippen LogP contribution in [0.15, 0.2) is 6.20 Å². The molecule has 0 bridgehead atoms. The van der Waals surface area contributed by atoms with Crippen LogP contribution in [0.4, 0.5) is 5.69 Å². The summed E-state index contributed by atoms with van der Waals surface area (Å²) in [5.41, 5.74) is 6.37. The molecule has 0 fully saturated rings. The van der Waals surface area contributed by atoms with Crippen molar-refractivity contribution in [1.82, 2.24) is 14.9 Å². The zero-order valence-corrected chi connectivity index (χ0v) is 11.1. The molecule has 0 aliphatic heterocycles. The Morgan fingerprint density at radius 1 is 1.35 bits per heavy atom. The number of anilines is 1. The van der Waals surface area contributed by atoms with Gasteiger partial charge in [0.15, 0.2) is 5.69 Å². The van der Waals surface area contributed by atoms with Gasteiger partial charge in [-0.2, -0.15) is 0 Å². The number of hydrogen-bond acceptors (Lipinski definition) is 4. The second kappa shape index (κ2) is 5.12. The van der Waals surface area contributed by atoms with Gasteiger partial charge in [-0.05, 0) is 13.8 Å². The number of nitrogens with zero attached hydrogens (tertiary/aromatic N) is 3. The van der Waals surface area contributed by atoms with Crippen LogP contribution in [0.25, 0.3) is 0 Å². The molecule has 17 heavy (non-hydrogen) atoms. The Morgan fingerprint density at radius 2 is 1.94 bits per heavy atom. The van der Waals surface area contributed by atoms with E-state index in [0.717, 1.165) is 0 Å².